The van der Waals surface area contributed by atoms with Crippen LogP contribution in [0.2, 0.25) is 0 Å². The highest BCUT2D eigenvalue weighted by Crippen LogP contribution is 2.24. The minimum absolute atomic E-state index is 0.135. The van der Waals surface area contributed by atoms with Crippen LogP contribution in [0.15, 0.2) is 48.5 Å². The number of hydrogen-bond acceptors (Lipinski definition) is 3. The van der Waals surface area contributed by atoms with E-state index in [1.807, 2.05) is 6.92 Å². The molecule has 1 atom stereocenters. The Morgan fingerprint density at radius 1 is 1.00 bits per heavy atom. The van der Waals surface area contributed by atoms with Crippen LogP contribution < -0.4 is 26.4 Å². The average molecular weight is 396 g/mol. The standard InChI is InChI=1S/C18H19F3N4O3/c1-11(23-16(22)26)10-12-2-4-13(5-3-12)24-17(27)25-14-6-8-15(9-7-14)28-18(19,20)21/h2-9,11H,10H2,1H3,(H3,22,23,26)(H2,24,25,27). The zero-order chi connectivity index (χ0) is 20.7. The summed E-state index contributed by atoms with van der Waals surface area (Å²) >= 11 is 0. The summed E-state index contributed by atoms with van der Waals surface area (Å²) in [5.41, 5.74) is 6.82. The van der Waals surface area contributed by atoms with E-state index in [4.69, 9.17) is 5.73 Å². The molecule has 0 radical (unpaired) electrons. The summed E-state index contributed by atoms with van der Waals surface area (Å²) in [7, 11) is 0. The first-order valence-corrected chi connectivity index (χ1v) is 8.19. The van der Waals surface area contributed by atoms with Gasteiger partial charge in [-0.1, -0.05) is 12.1 Å². The quantitative estimate of drug-likeness (QED) is 0.596. The van der Waals surface area contributed by atoms with Crippen molar-refractivity contribution in [2.24, 2.45) is 5.73 Å². The summed E-state index contributed by atoms with van der Waals surface area (Å²) in [5, 5.41) is 7.68. The Morgan fingerprint density at radius 3 is 1.96 bits per heavy atom. The first kappa shape index (κ1) is 20.9. The van der Waals surface area contributed by atoms with Crippen LogP contribution in [-0.4, -0.2) is 24.5 Å². The highest BCUT2D eigenvalue weighted by Gasteiger charge is 2.30. The topological polar surface area (TPSA) is 105 Å². The van der Waals surface area contributed by atoms with Gasteiger partial charge in [0.05, 0.1) is 0 Å². The molecule has 7 nitrogen and oxygen atoms in total. The van der Waals surface area contributed by atoms with Gasteiger partial charge in [-0.25, -0.2) is 9.59 Å². The van der Waals surface area contributed by atoms with Gasteiger partial charge in [0, 0.05) is 17.4 Å². The van der Waals surface area contributed by atoms with Gasteiger partial charge in [0.2, 0.25) is 0 Å². The van der Waals surface area contributed by atoms with Crippen LogP contribution in [-0.2, 0) is 6.42 Å². The number of carbonyl (C=O) groups excluding carboxylic acids is 2. The number of urea groups is 2. The molecule has 2 aromatic rings. The number of benzene rings is 2. The smallest absolute Gasteiger partial charge is 0.406 e. The summed E-state index contributed by atoms with van der Waals surface area (Å²) < 4.78 is 40.1. The third-order valence-corrected chi connectivity index (χ3v) is 3.49. The Labute approximate surface area is 159 Å². The van der Waals surface area contributed by atoms with Crippen LogP contribution in [0.25, 0.3) is 0 Å². The molecule has 10 heteroatoms. The molecule has 2 aromatic carbocycles. The van der Waals surface area contributed by atoms with Gasteiger partial charge in [-0.15, -0.1) is 13.2 Å². The average Bonchev–Trinajstić information content (AvgIpc) is 2.56. The zero-order valence-electron chi connectivity index (χ0n) is 14.8. The van der Waals surface area contributed by atoms with Crippen molar-refractivity contribution < 1.29 is 27.5 Å². The predicted octanol–water partition coefficient (Wildman–Crippen LogP) is 3.83. The molecule has 0 heterocycles. The molecule has 0 aliphatic heterocycles. The molecule has 0 aliphatic carbocycles. The normalized spacial score (nSPS) is 12.0. The van der Waals surface area contributed by atoms with Crippen LogP contribution in [0.1, 0.15) is 12.5 Å². The fourth-order valence-corrected chi connectivity index (χ4v) is 2.40. The molecule has 0 saturated heterocycles. The minimum atomic E-state index is -4.77. The molecule has 0 saturated carbocycles. The van der Waals surface area contributed by atoms with E-state index in [0.29, 0.717) is 17.8 Å². The second-order valence-electron chi connectivity index (χ2n) is 5.96. The number of amides is 4. The van der Waals surface area contributed by atoms with Crippen molar-refractivity contribution in [3.8, 4) is 5.75 Å². The third kappa shape index (κ3) is 7.44. The number of alkyl halides is 3. The highest BCUT2D eigenvalue weighted by atomic mass is 19.4. The van der Waals surface area contributed by atoms with Crippen LogP contribution in [0, 0.1) is 0 Å². The lowest BCUT2D eigenvalue weighted by molar-refractivity contribution is -0.274. The summed E-state index contributed by atoms with van der Waals surface area (Å²) in [4.78, 5) is 22.8. The fraction of sp³-hybridized carbons (Fsp3) is 0.222. The van der Waals surface area contributed by atoms with Gasteiger partial charge in [0.1, 0.15) is 5.75 Å². The molecular weight excluding hydrogens is 377 g/mol. The van der Waals surface area contributed by atoms with Gasteiger partial charge in [-0.05, 0) is 55.3 Å². The number of rotatable bonds is 6. The van der Waals surface area contributed by atoms with Gasteiger partial charge in [-0.2, -0.15) is 0 Å². The van der Waals surface area contributed by atoms with Crippen LogP contribution in [0.3, 0.4) is 0 Å². The molecular formula is C18H19F3N4O3. The minimum Gasteiger partial charge on any atom is -0.406 e. The van der Waals surface area contributed by atoms with Gasteiger partial charge in [0.25, 0.3) is 0 Å². The fourth-order valence-electron chi connectivity index (χ4n) is 2.40. The molecule has 4 amide bonds. The lowest BCUT2D eigenvalue weighted by Crippen LogP contribution is -2.37. The second kappa shape index (κ2) is 8.98. The van der Waals surface area contributed by atoms with Crippen molar-refractivity contribution in [2.75, 3.05) is 10.6 Å². The SMILES string of the molecule is CC(Cc1ccc(NC(=O)Nc2ccc(OC(F)(F)F)cc2)cc1)NC(N)=O. The molecule has 0 spiro atoms. The van der Waals surface area contributed by atoms with Crippen molar-refractivity contribution >= 4 is 23.4 Å². The molecule has 0 bridgehead atoms. The lowest BCUT2D eigenvalue weighted by Gasteiger charge is -2.13. The van der Waals surface area contributed by atoms with Gasteiger partial charge < -0.3 is 26.4 Å². The van der Waals surface area contributed by atoms with Crippen molar-refractivity contribution in [1.29, 1.82) is 0 Å². The summed E-state index contributed by atoms with van der Waals surface area (Å²) in [6.45, 7) is 1.81. The van der Waals surface area contributed by atoms with E-state index in [2.05, 4.69) is 20.7 Å². The van der Waals surface area contributed by atoms with Crippen LogP contribution >= 0.6 is 0 Å². The van der Waals surface area contributed by atoms with E-state index in [1.54, 1.807) is 24.3 Å². The molecule has 0 fully saturated rings. The summed E-state index contributed by atoms with van der Waals surface area (Å²) in [5.74, 6) is -0.380. The number of carbonyl (C=O) groups is 2. The first-order valence-electron chi connectivity index (χ1n) is 8.19. The van der Waals surface area contributed by atoms with Crippen LogP contribution in [0.4, 0.5) is 34.1 Å². The lowest BCUT2D eigenvalue weighted by atomic mass is 10.1. The van der Waals surface area contributed by atoms with Crippen molar-refractivity contribution in [3.63, 3.8) is 0 Å². The van der Waals surface area contributed by atoms with Crippen molar-refractivity contribution in [1.82, 2.24) is 5.32 Å². The predicted molar refractivity (Wildman–Crippen MR) is 98.1 cm³/mol. The molecule has 150 valence electrons. The Balaban J connectivity index is 1.86. The Kier molecular flexibility index (Phi) is 6.69. The summed E-state index contributed by atoms with van der Waals surface area (Å²) in [6.07, 6.45) is -4.20. The number of halogens is 3. The van der Waals surface area contributed by atoms with E-state index in [1.165, 1.54) is 12.1 Å². The number of nitrogens with one attached hydrogen (secondary N) is 3. The molecule has 0 aliphatic rings. The second-order valence-corrected chi connectivity index (χ2v) is 5.96. The highest BCUT2D eigenvalue weighted by molar-refractivity contribution is 5.99. The molecule has 28 heavy (non-hydrogen) atoms. The van der Waals surface area contributed by atoms with E-state index in [0.717, 1.165) is 17.7 Å². The maximum atomic E-state index is 12.1. The van der Waals surface area contributed by atoms with Crippen LogP contribution in [0.5, 0.6) is 5.75 Å². The maximum Gasteiger partial charge on any atom is 0.573 e. The van der Waals surface area contributed by atoms with E-state index >= 15 is 0 Å². The summed E-state index contributed by atoms with van der Waals surface area (Å²) in [6, 6.07) is 10.4. The monoisotopic (exact) mass is 396 g/mol. The van der Waals surface area contributed by atoms with E-state index in [9.17, 15) is 22.8 Å². The number of nitrogens with two attached hydrogens (primary N) is 1. The zero-order valence-corrected chi connectivity index (χ0v) is 14.8. The van der Waals surface area contributed by atoms with Crippen molar-refractivity contribution in [2.45, 2.75) is 25.7 Å². The number of hydrogen-bond donors (Lipinski definition) is 4. The van der Waals surface area contributed by atoms with Crippen molar-refractivity contribution in [3.05, 3.63) is 54.1 Å². The first-order chi connectivity index (χ1) is 13.1. The van der Waals surface area contributed by atoms with E-state index < -0.39 is 18.4 Å². The van der Waals surface area contributed by atoms with Gasteiger partial charge in [0.15, 0.2) is 0 Å². The molecule has 1 unspecified atom stereocenters. The largest absolute Gasteiger partial charge is 0.573 e. The molecule has 5 N–H and O–H groups in total. The Bertz CT molecular complexity index is 808. The third-order valence-electron chi connectivity index (χ3n) is 3.49. The van der Waals surface area contributed by atoms with Gasteiger partial charge >= 0.3 is 18.4 Å². The Morgan fingerprint density at radius 2 is 1.50 bits per heavy atom. The number of anilines is 2. The maximum absolute atomic E-state index is 12.1. The molecule has 0 aromatic heterocycles. The number of ether oxygens (including phenoxy) is 1. The van der Waals surface area contributed by atoms with Gasteiger partial charge in [-0.3, -0.25) is 0 Å². The Hall–Kier alpha value is -3.43. The number of primary amides is 1. The molecule has 2 rings (SSSR count). The van der Waals surface area contributed by atoms with E-state index in [-0.39, 0.29) is 11.8 Å².